The summed E-state index contributed by atoms with van der Waals surface area (Å²) in [6.07, 6.45) is 3.13. The average molecular weight is 281 g/mol. The smallest absolute Gasteiger partial charge is 0.137 e. The van der Waals surface area contributed by atoms with E-state index < -0.39 is 11.4 Å². The van der Waals surface area contributed by atoms with Crippen LogP contribution in [-0.4, -0.2) is 4.98 Å². The van der Waals surface area contributed by atoms with Crippen LogP contribution in [0.25, 0.3) is 0 Å². The molecule has 2 unspecified atom stereocenters. The largest absolute Gasteiger partial charge is 0.264 e. The molecule has 0 radical (unpaired) electrons. The minimum atomic E-state index is -0.686. The maximum Gasteiger partial charge on any atom is 0.137 e. The molecule has 0 aliphatic rings. The highest BCUT2D eigenvalue weighted by atomic mass is 35.5. The van der Waals surface area contributed by atoms with Gasteiger partial charge in [-0.3, -0.25) is 4.98 Å². The van der Waals surface area contributed by atoms with Crippen molar-refractivity contribution in [3.63, 3.8) is 0 Å². The van der Waals surface area contributed by atoms with Crippen molar-refractivity contribution in [2.75, 3.05) is 0 Å². The highest BCUT2D eigenvalue weighted by Gasteiger charge is 2.25. The Morgan fingerprint density at radius 2 is 1.89 bits per heavy atom. The highest BCUT2D eigenvalue weighted by molar-refractivity contribution is 6.32. The standard InChI is InChI=1S/C13H10Cl2N2O/c14-11-6-7-16-8-10(11)12(15)13(17-18)9-4-2-1-3-5-9/h1-8,12-13H. The van der Waals surface area contributed by atoms with Gasteiger partial charge in [0.15, 0.2) is 0 Å². The number of halogens is 2. The summed E-state index contributed by atoms with van der Waals surface area (Å²) in [4.78, 5) is 15.0. The molecule has 5 heteroatoms. The average Bonchev–Trinajstić information content (AvgIpc) is 2.41. The Bertz CT molecular complexity index is 534. The molecule has 2 aromatic rings. The van der Waals surface area contributed by atoms with Gasteiger partial charge in [-0.1, -0.05) is 47.1 Å². The molecule has 92 valence electrons. The van der Waals surface area contributed by atoms with Gasteiger partial charge in [0.1, 0.15) is 6.04 Å². The van der Waals surface area contributed by atoms with Gasteiger partial charge >= 0.3 is 0 Å². The van der Waals surface area contributed by atoms with Gasteiger partial charge in [0, 0.05) is 23.0 Å². The number of alkyl halides is 1. The third-order valence-electron chi connectivity index (χ3n) is 2.63. The monoisotopic (exact) mass is 280 g/mol. The Morgan fingerprint density at radius 1 is 1.17 bits per heavy atom. The molecule has 0 N–H and O–H groups in total. The molecule has 1 aromatic carbocycles. The topological polar surface area (TPSA) is 42.3 Å². The molecule has 2 atom stereocenters. The minimum absolute atomic E-state index is 0.481. The quantitative estimate of drug-likeness (QED) is 0.610. The first kappa shape index (κ1) is 13.0. The number of hydrogen-bond donors (Lipinski definition) is 0. The summed E-state index contributed by atoms with van der Waals surface area (Å²) >= 11 is 12.3. The number of nitroso groups, excluding NO2 is 1. The first-order chi connectivity index (χ1) is 8.74. The maximum absolute atomic E-state index is 11.0. The lowest BCUT2D eigenvalue weighted by Crippen LogP contribution is -2.04. The van der Waals surface area contributed by atoms with E-state index in [1.54, 1.807) is 18.5 Å². The van der Waals surface area contributed by atoms with E-state index in [4.69, 9.17) is 23.2 Å². The normalized spacial score (nSPS) is 13.9. The molecular weight excluding hydrogens is 271 g/mol. The molecule has 0 aliphatic carbocycles. The predicted octanol–water partition coefficient (Wildman–Crippen LogP) is 4.52. The summed E-state index contributed by atoms with van der Waals surface area (Å²) in [5, 5.41) is 2.96. The van der Waals surface area contributed by atoms with Crippen molar-refractivity contribution < 1.29 is 0 Å². The molecule has 0 bridgehead atoms. The Kier molecular flexibility index (Phi) is 4.28. The van der Waals surface area contributed by atoms with Crippen molar-refractivity contribution in [2.24, 2.45) is 5.18 Å². The van der Waals surface area contributed by atoms with E-state index in [2.05, 4.69) is 10.2 Å². The zero-order chi connectivity index (χ0) is 13.0. The summed E-state index contributed by atoms with van der Waals surface area (Å²) in [6, 6.07) is 10.1. The Labute approximate surface area is 115 Å². The number of hydrogen-bond acceptors (Lipinski definition) is 3. The van der Waals surface area contributed by atoms with Gasteiger partial charge in [-0.25, -0.2) is 0 Å². The summed E-state index contributed by atoms with van der Waals surface area (Å²) < 4.78 is 0. The molecule has 0 saturated heterocycles. The van der Waals surface area contributed by atoms with Gasteiger partial charge in [0.25, 0.3) is 0 Å². The summed E-state index contributed by atoms with van der Waals surface area (Å²) in [6.45, 7) is 0. The molecule has 0 aliphatic heterocycles. The number of aromatic nitrogens is 1. The van der Waals surface area contributed by atoms with Crippen molar-refractivity contribution in [3.05, 3.63) is 69.8 Å². The fraction of sp³-hybridized carbons (Fsp3) is 0.154. The van der Waals surface area contributed by atoms with E-state index >= 15 is 0 Å². The number of pyridine rings is 1. The Morgan fingerprint density at radius 3 is 2.50 bits per heavy atom. The third kappa shape index (κ3) is 2.68. The van der Waals surface area contributed by atoms with Gasteiger partial charge in [-0.15, -0.1) is 11.6 Å². The Hall–Kier alpha value is -1.45. The second-order valence-electron chi connectivity index (χ2n) is 3.76. The summed E-state index contributed by atoms with van der Waals surface area (Å²) in [5.41, 5.74) is 1.36. The minimum Gasteiger partial charge on any atom is -0.264 e. The van der Waals surface area contributed by atoms with Crippen molar-refractivity contribution in [1.82, 2.24) is 4.98 Å². The van der Waals surface area contributed by atoms with E-state index in [1.807, 2.05) is 30.3 Å². The first-order valence-electron chi connectivity index (χ1n) is 5.35. The molecule has 18 heavy (non-hydrogen) atoms. The van der Waals surface area contributed by atoms with Crippen LogP contribution in [0.5, 0.6) is 0 Å². The molecule has 1 heterocycles. The molecule has 0 amide bonds. The number of nitrogens with zero attached hydrogens (tertiary/aromatic N) is 2. The SMILES string of the molecule is O=NC(c1ccccc1)C(Cl)c1cnccc1Cl. The highest BCUT2D eigenvalue weighted by Crippen LogP contribution is 2.39. The second-order valence-corrected chi connectivity index (χ2v) is 4.64. The van der Waals surface area contributed by atoms with Crippen molar-refractivity contribution >= 4 is 23.2 Å². The van der Waals surface area contributed by atoms with Gasteiger partial charge in [-0.05, 0) is 11.6 Å². The van der Waals surface area contributed by atoms with Crippen molar-refractivity contribution in [3.8, 4) is 0 Å². The number of rotatable bonds is 4. The van der Waals surface area contributed by atoms with Crippen LogP contribution in [0, 0.1) is 4.91 Å². The molecule has 0 fully saturated rings. The van der Waals surface area contributed by atoms with Crippen LogP contribution in [0.2, 0.25) is 5.02 Å². The summed E-state index contributed by atoms with van der Waals surface area (Å²) in [7, 11) is 0. The fourth-order valence-corrected chi connectivity index (χ4v) is 2.34. The number of benzene rings is 1. The fourth-order valence-electron chi connectivity index (χ4n) is 1.70. The summed E-state index contributed by atoms with van der Waals surface area (Å²) in [5.74, 6) is 0. The predicted molar refractivity (Wildman–Crippen MR) is 72.8 cm³/mol. The second kappa shape index (κ2) is 5.94. The molecule has 0 saturated carbocycles. The van der Waals surface area contributed by atoms with Crippen LogP contribution >= 0.6 is 23.2 Å². The van der Waals surface area contributed by atoms with Crippen molar-refractivity contribution in [2.45, 2.75) is 11.4 Å². The van der Waals surface area contributed by atoms with Crippen LogP contribution in [0.15, 0.2) is 54.0 Å². The van der Waals surface area contributed by atoms with Gasteiger partial charge < -0.3 is 0 Å². The Balaban J connectivity index is 2.35. The van der Waals surface area contributed by atoms with Crippen LogP contribution in [-0.2, 0) is 0 Å². The zero-order valence-electron chi connectivity index (χ0n) is 9.33. The van der Waals surface area contributed by atoms with E-state index in [0.29, 0.717) is 10.6 Å². The first-order valence-corrected chi connectivity index (χ1v) is 6.16. The van der Waals surface area contributed by atoms with Crippen LogP contribution in [0.3, 0.4) is 0 Å². The molecule has 0 spiro atoms. The molecule has 1 aromatic heterocycles. The van der Waals surface area contributed by atoms with Gasteiger partial charge in [0.2, 0.25) is 0 Å². The molecule has 3 nitrogen and oxygen atoms in total. The van der Waals surface area contributed by atoms with Crippen molar-refractivity contribution in [1.29, 1.82) is 0 Å². The van der Waals surface area contributed by atoms with Crippen LogP contribution in [0.1, 0.15) is 22.5 Å². The lowest BCUT2D eigenvalue weighted by molar-refractivity contribution is 0.691. The van der Waals surface area contributed by atoms with Gasteiger partial charge in [-0.2, -0.15) is 4.91 Å². The van der Waals surface area contributed by atoms with E-state index in [9.17, 15) is 4.91 Å². The lowest BCUT2D eigenvalue weighted by Gasteiger charge is -2.16. The zero-order valence-corrected chi connectivity index (χ0v) is 10.8. The molecule has 2 rings (SSSR count). The van der Waals surface area contributed by atoms with E-state index in [-0.39, 0.29) is 0 Å². The molecular formula is C13H10Cl2N2O. The van der Waals surface area contributed by atoms with E-state index in [1.165, 1.54) is 0 Å². The maximum atomic E-state index is 11.0. The third-order valence-corrected chi connectivity index (χ3v) is 3.44. The van der Waals surface area contributed by atoms with Gasteiger partial charge in [0.05, 0.1) is 5.38 Å². The van der Waals surface area contributed by atoms with Crippen LogP contribution in [0.4, 0.5) is 0 Å². The lowest BCUT2D eigenvalue weighted by atomic mass is 10.0. The van der Waals surface area contributed by atoms with Crippen LogP contribution < -0.4 is 0 Å². The van der Waals surface area contributed by atoms with E-state index in [0.717, 1.165) is 5.56 Å².